The fourth-order valence-electron chi connectivity index (χ4n) is 19.1. The first-order chi connectivity index (χ1) is 69.9. The van der Waals surface area contributed by atoms with E-state index < -0.39 is 0 Å². The van der Waals surface area contributed by atoms with Gasteiger partial charge in [0, 0.05) is 158 Å². The normalized spacial score (nSPS) is 11.3. The van der Waals surface area contributed by atoms with Gasteiger partial charge in [-0.15, -0.1) is 0 Å². The van der Waals surface area contributed by atoms with Crippen LogP contribution in [0, 0.1) is 0 Å². The maximum absolute atomic E-state index is 5.04. The van der Waals surface area contributed by atoms with Gasteiger partial charge in [-0.1, -0.05) is 302 Å². The summed E-state index contributed by atoms with van der Waals surface area (Å²) in [5.74, 6) is 0.615. The Kier molecular flexibility index (Phi) is 25.3. The monoisotopic (exact) mass is 2210 g/mol. The summed E-state index contributed by atoms with van der Waals surface area (Å²) in [6.45, 7) is 0. The van der Waals surface area contributed by atoms with Gasteiger partial charge in [-0.3, -0.25) is 29.5 Å². The molecule has 0 saturated carbocycles. The van der Waals surface area contributed by atoms with Gasteiger partial charge in [0.2, 0.25) is 5.95 Å². The predicted octanol–water partition coefficient (Wildman–Crippen LogP) is 34.6. The van der Waals surface area contributed by atoms with Crippen molar-refractivity contribution >= 4 is 238 Å². The van der Waals surface area contributed by atoms with Crippen molar-refractivity contribution in [2.45, 2.75) is 0 Å². The van der Waals surface area contributed by atoms with Crippen LogP contribution >= 0.6 is 95.6 Å². The second-order valence-electron chi connectivity index (χ2n) is 33.8. The average Bonchev–Trinajstić information content (AvgIpc) is 1.60. The van der Waals surface area contributed by atoms with Crippen molar-refractivity contribution in [3.8, 4) is 67.9 Å². The number of nitrogens with zero attached hydrogens (tertiary/aromatic N) is 14. The molecule has 0 atom stereocenters. The molecule has 28 rings (SSSR count). The van der Waals surface area contributed by atoms with Crippen LogP contribution in [0.25, 0.3) is 210 Å². The molecule has 28 aromatic rings. The topological polar surface area (TPSA) is 133 Å². The van der Waals surface area contributed by atoms with E-state index >= 15 is 0 Å². The molecule has 14 nitrogen and oxygen atoms in total. The van der Waals surface area contributed by atoms with Crippen molar-refractivity contribution in [2.75, 3.05) is 0 Å². The number of fused-ring (bicyclic) bond motifs is 19. The summed E-state index contributed by atoms with van der Waals surface area (Å²) in [4.78, 5) is 37.0. The van der Waals surface area contributed by atoms with Gasteiger partial charge in [0.05, 0.1) is 94.6 Å². The molecule has 20 heteroatoms. The summed E-state index contributed by atoms with van der Waals surface area (Å²) in [7, 11) is 0. The molecule has 142 heavy (non-hydrogen) atoms. The molecule has 0 spiro atoms. The standard InChI is InChI=1S/C25H15BrN4.2C23H15BrN2.3C17H11BrN2/c26-17-12-13-18-19-10-6-14-27-24(19)30(22(18)15-17)25-28-21-11-5-4-9-20(21)23(29-25)16-7-2-1-3-8-16;24-18-11-12-20-22(15-18)26(21-10-5-13-25-23(20)21)19-9-4-8-17(14-19)16-6-2-1-3-7-16;24-18-10-13-20-22(15-18)26(21-7-4-14-25-23(20)21)19-11-8-17(9-12-19)16-5-2-1-3-6-16;18-12-8-9-14-16(11-12)20(13-5-2-1-3-6-13)15-7-4-10-19-17(14)15;18-12-6-7-14-15-11-19-9-8-16(15)20(17(14)10-12)13-4-2-1-3-5-13;18-12-6-7-14-15-8-9-19-11-17(15)20(16(14)10-12)13-4-2-1-3-5-13/h1-15H;2*1-15H;3*1-11H. The Morgan fingerprint density at radius 1 is 0.176 bits per heavy atom. The van der Waals surface area contributed by atoms with Crippen molar-refractivity contribution < 1.29 is 0 Å². The van der Waals surface area contributed by atoms with Crippen molar-refractivity contribution in [3.63, 3.8) is 0 Å². The molecule has 0 amide bonds. The number of pyridine rings is 6. The van der Waals surface area contributed by atoms with Crippen LogP contribution in [0.1, 0.15) is 0 Å². The van der Waals surface area contributed by atoms with E-state index in [1.807, 2.05) is 145 Å². The van der Waals surface area contributed by atoms with E-state index in [1.165, 1.54) is 71.3 Å². The van der Waals surface area contributed by atoms with Crippen LogP contribution in [0.3, 0.4) is 0 Å². The lowest BCUT2D eigenvalue weighted by molar-refractivity contribution is 0.997. The molecule has 0 unspecified atom stereocenters. The van der Waals surface area contributed by atoms with E-state index in [2.05, 4.69) is 482 Å². The summed E-state index contributed by atoms with van der Waals surface area (Å²) in [5, 5.41) is 11.6. The summed E-state index contributed by atoms with van der Waals surface area (Å²) in [6.07, 6.45) is 14.9. The van der Waals surface area contributed by atoms with Gasteiger partial charge in [-0.25, -0.2) is 15.0 Å². The van der Waals surface area contributed by atoms with E-state index in [1.54, 1.807) is 0 Å². The van der Waals surface area contributed by atoms with Gasteiger partial charge >= 0.3 is 0 Å². The zero-order valence-corrected chi connectivity index (χ0v) is 85.1. The van der Waals surface area contributed by atoms with Gasteiger partial charge in [-0.2, -0.15) is 0 Å². The van der Waals surface area contributed by atoms with Crippen LogP contribution in [-0.4, -0.2) is 67.3 Å². The molecule has 13 heterocycles. The maximum atomic E-state index is 5.04. The molecular weight excluding hydrogens is 2140 g/mol. The van der Waals surface area contributed by atoms with Crippen LogP contribution in [0.2, 0.25) is 0 Å². The summed E-state index contributed by atoms with van der Waals surface area (Å²) < 4.78 is 19.8. The molecule has 0 aliphatic heterocycles. The van der Waals surface area contributed by atoms with E-state index in [0.29, 0.717) is 5.95 Å². The minimum absolute atomic E-state index is 0.615. The third-order valence-electron chi connectivity index (χ3n) is 25.3. The van der Waals surface area contributed by atoms with E-state index in [4.69, 9.17) is 9.97 Å². The lowest BCUT2D eigenvalue weighted by Crippen LogP contribution is -2.04. The highest BCUT2D eigenvalue weighted by molar-refractivity contribution is 9.11. The Bertz CT molecular complexity index is 9200. The minimum Gasteiger partial charge on any atom is -0.309 e. The molecule has 678 valence electrons. The first-order valence-corrected chi connectivity index (χ1v) is 50.8. The molecule has 0 radical (unpaired) electrons. The molecule has 13 aromatic heterocycles. The molecule has 0 aliphatic rings. The molecular formula is C122H78Br6N14. The molecule has 15 aromatic carbocycles. The van der Waals surface area contributed by atoms with Crippen LogP contribution in [-0.2, 0) is 0 Å². The number of rotatable bonds is 9. The van der Waals surface area contributed by atoms with Crippen molar-refractivity contribution in [1.82, 2.24) is 67.3 Å². The van der Waals surface area contributed by atoms with Crippen LogP contribution < -0.4 is 0 Å². The Morgan fingerprint density at radius 2 is 0.514 bits per heavy atom. The minimum atomic E-state index is 0.615. The van der Waals surface area contributed by atoms with Crippen LogP contribution in [0.4, 0.5) is 0 Å². The summed E-state index contributed by atoms with van der Waals surface area (Å²) >= 11 is 21.5. The summed E-state index contributed by atoms with van der Waals surface area (Å²) in [5.41, 5.74) is 30.0. The highest BCUT2D eigenvalue weighted by atomic mass is 79.9. The zero-order chi connectivity index (χ0) is 95.7. The number of halogens is 6. The second-order valence-corrected chi connectivity index (χ2v) is 39.3. The van der Waals surface area contributed by atoms with E-state index in [9.17, 15) is 0 Å². The smallest absolute Gasteiger partial charge is 0.237 e. The number of para-hydroxylation sites is 4. The van der Waals surface area contributed by atoms with Crippen molar-refractivity contribution in [2.24, 2.45) is 0 Å². The number of hydrogen-bond acceptors (Lipinski definition) is 8. The third-order valence-corrected chi connectivity index (χ3v) is 28.3. The van der Waals surface area contributed by atoms with Crippen molar-refractivity contribution in [1.29, 1.82) is 0 Å². The van der Waals surface area contributed by atoms with Crippen LogP contribution in [0.5, 0.6) is 0 Å². The first kappa shape index (κ1) is 90.1. The quantitative estimate of drug-likeness (QED) is 0.140. The number of hydrogen-bond donors (Lipinski definition) is 0. The van der Waals surface area contributed by atoms with Gasteiger partial charge in [0.1, 0.15) is 5.65 Å². The zero-order valence-electron chi connectivity index (χ0n) is 75.6. The fraction of sp³-hybridized carbons (Fsp3) is 0. The van der Waals surface area contributed by atoms with Gasteiger partial charge in [0.15, 0.2) is 0 Å². The number of aromatic nitrogens is 14. The highest BCUT2D eigenvalue weighted by Crippen LogP contribution is 2.42. The van der Waals surface area contributed by atoms with Gasteiger partial charge in [-0.05, 0) is 241 Å². The van der Waals surface area contributed by atoms with E-state index in [0.717, 1.165) is 160 Å². The highest BCUT2D eigenvalue weighted by Gasteiger charge is 2.23. The molecule has 0 aliphatic carbocycles. The third kappa shape index (κ3) is 17.6. The molecule has 0 N–H and O–H groups in total. The Morgan fingerprint density at radius 3 is 1.01 bits per heavy atom. The molecule has 0 fully saturated rings. The molecule has 0 bridgehead atoms. The lowest BCUT2D eigenvalue weighted by Gasteiger charge is -2.11. The Balaban J connectivity index is 0.0000000953. The fourth-order valence-corrected chi connectivity index (χ4v) is 21.2. The largest absolute Gasteiger partial charge is 0.309 e. The Hall–Kier alpha value is -15.8. The number of benzene rings is 15. The first-order valence-electron chi connectivity index (χ1n) is 46.0. The second kappa shape index (κ2) is 39.8. The summed E-state index contributed by atoms with van der Waals surface area (Å²) in [6, 6.07) is 146. The van der Waals surface area contributed by atoms with Gasteiger partial charge in [0.25, 0.3) is 0 Å². The predicted molar refractivity (Wildman–Crippen MR) is 607 cm³/mol. The lowest BCUT2D eigenvalue weighted by atomic mass is 10.1. The van der Waals surface area contributed by atoms with E-state index in [-0.39, 0.29) is 0 Å². The van der Waals surface area contributed by atoms with Gasteiger partial charge < -0.3 is 22.8 Å². The Labute approximate surface area is 866 Å². The molecule has 0 saturated heterocycles. The average molecular weight is 2220 g/mol. The maximum Gasteiger partial charge on any atom is 0.237 e. The SMILES string of the molecule is Brc1ccc2c3cccnc3n(-c3nc(-c4ccccc4)c4ccccc4n3)c2c1.Brc1ccc2c3ccncc3n(-c3ccccc3)c2c1.Brc1ccc2c3cnccc3n(-c3ccccc3)c2c1.Brc1ccc2c3ncccc3n(-c3ccc(-c4ccccc4)cc3)c2c1.Brc1ccc2c3ncccc3n(-c3cccc(-c4ccccc4)c3)c2c1.Brc1ccc2c3ncccc3n(-c3ccccc3)c2c1. The van der Waals surface area contributed by atoms with Crippen molar-refractivity contribution in [3.05, 3.63) is 501 Å². The van der Waals surface area contributed by atoms with Crippen LogP contribution in [0.15, 0.2) is 501 Å².